The average Bonchev–Trinajstić information content (AvgIpc) is 2.87. The summed E-state index contributed by atoms with van der Waals surface area (Å²) in [4.78, 5) is 0. The second kappa shape index (κ2) is 6.89. The third-order valence-corrected chi connectivity index (χ3v) is 6.96. The maximum Gasteiger partial charge on any atom is -1.00 e. The summed E-state index contributed by atoms with van der Waals surface area (Å²) in [6.07, 6.45) is 10.7. The number of hydrogen-bond acceptors (Lipinski definition) is 0. The van der Waals surface area contributed by atoms with Gasteiger partial charge < -0.3 is 24.8 Å². The van der Waals surface area contributed by atoms with Crippen LogP contribution in [0.3, 0.4) is 0 Å². The molecule has 1 aromatic rings. The van der Waals surface area contributed by atoms with E-state index in [-0.39, 0.29) is 24.8 Å². The first-order valence-electron chi connectivity index (χ1n) is 5.74. The SMILES string of the molecule is CC1=CC[C]([Zr+2][CH]2C=Cc3ccccc32)=C1.[Cl-].[Cl-]. The molecule has 0 bridgehead atoms. The molecule has 1 atom stereocenters. The first kappa shape index (κ1) is 16.0. The van der Waals surface area contributed by atoms with Crippen LogP contribution in [-0.4, -0.2) is 0 Å². The van der Waals surface area contributed by atoms with Gasteiger partial charge in [-0.15, -0.1) is 0 Å². The molecule has 1 aromatic carbocycles. The second-order valence-electron chi connectivity index (χ2n) is 4.43. The summed E-state index contributed by atoms with van der Waals surface area (Å²) in [6, 6.07) is 8.84. The fraction of sp³-hybridized carbons (Fsp3) is 0.200. The van der Waals surface area contributed by atoms with Crippen molar-refractivity contribution in [3.63, 3.8) is 0 Å². The van der Waals surface area contributed by atoms with Gasteiger partial charge in [0.15, 0.2) is 0 Å². The van der Waals surface area contributed by atoms with Gasteiger partial charge in [-0.2, -0.15) is 0 Å². The summed E-state index contributed by atoms with van der Waals surface area (Å²) >= 11 is -0.453. The van der Waals surface area contributed by atoms with Crippen molar-refractivity contribution in [2.45, 2.75) is 17.0 Å². The van der Waals surface area contributed by atoms with E-state index < -0.39 is 23.2 Å². The molecule has 92 valence electrons. The van der Waals surface area contributed by atoms with E-state index in [1.54, 1.807) is 8.84 Å². The van der Waals surface area contributed by atoms with E-state index >= 15 is 0 Å². The fourth-order valence-electron chi connectivity index (χ4n) is 2.34. The van der Waals surface area contributed by atoms with Crippen LogP contribution in [0, 0.1) is 0 Å². The van der Waals surface area contributed by atoms with Gasteiger partial charge in [-0.1, -0.05) is 0 Å². The maximum absolute atomic E-state index is 2.42. The molecule has 0 aromatic heterocycles. The largest absolute Gasteiger partial charge is 1.00 e. The molecule has 0 fully saturated rings. The summed E-state index contributed by atoms with van der Waals surface area (Å²) in [5, 5.41) is 0. The minimum atomic E-state index is -0.453. The van der Waals surface area contributed by atoms with Gasteiger partial charge in [0.1, 0.15) is 0 Å². The molecule has 0 N–H and O–H groups in total. The van der Waals surface area contributed by atoms with Gasteiger partial charge in [0.2, 0.25) is 0 Å². The predicted octanol–water partition coefficient (Wildman–Crippen LogP) is -1.92. The molecule has 1 unspecified atom stereocenters. The third kappa shape index (κ3) is 3.26. The maximum atomic E-state index is 2.42. The van der Waals surface area contributed by atoms with Crippen LogP contribution < -0.4 is 24.8 Å². The standard InChI is InChI=1S/C9H7.C6H7.2ClH.Zr/c1-2-5-9-7-3-6-8(9)4-1;1-6-4-2-3-5-6;;;/h1-7H;4-5H,2H2,1H3;2*1H;/q;;;;+2/p-2. The molecule has 18 heavy (non-hydrogen) atoms. The van der Waals surface area contributed by atoms with Gasteiger partial charge in [-0.05, 0) is 0 Å². The van der Waals surface area contributed by atoms with Crippen LogP contribution in [0.1, 0.15) is 28.1 Å². The van der Waals surface area contributed by atoms with Crippen molar-refractivity contribution < 1.29 is 48.0 Å². The molecule has 3 heteroatoms. The minimum absolute atomic E-state index is 0. The Bertz CT molecular complexity index is 515. The van der Waals surface area contributed by atoms with E-state index in [0.29, 0.717) is 0 Å². The van der Waals surface area contributed by atoms with Crippen LogP contribution in [0.25, 0.3) is 6.08 Å². The zero-order chi connectivity index (χ0) is 11.0. The molecule has 3 rings (SSSR count). The molecule has 2 aliphatic carbocycles. The second-order valence-corrected chi connectivity index (χ2v) is 8.25. The van der Waals surface area contributed by atoms with Crippen LogP contribution >= 0.6 is 0 Å². The van der Waals surface area contributed by atoms with E-state index in [0.717, 1.165) is 3.63 Å². The van der Waals surface area contributed by atoms with Crippen LogP contribution in [0.4, 0.5) is 0 Å². The van der Waals surface area contributed by atoms with Crippen LogP contribution in [0.2, 0.25) is 0 Å². The predicted molar refractivity (Wildman–Crippen MR) is 64.7 cm³/mol. The van der Waals surface area contributed by atoms with Gasteiger partial charge in [0, 0.05) is 0 Å². The first-order chi connectivity index (χ1) is 7.83. The van der Waals surface area contributed by atoms with Crippen LogP contribution in [0.5, 0.6) is 0 Å². The molecule has 0 radical (unpaired) electrons. The van der Waals surface area contributed by atoms with E-state index in [4.69, 9.17) is 0 Å². The molecule has 2 aliphatic rings. The van der Waals surface area contributed by atoms with Crippen molar-refractivity contribution in [3.8, 4) is 0 Å². The molecule has 0 spiro atoms. The van der Waals surface area contributed by atoms with Gasteiger partial charge in [0.05, 0.1) is 0 Å². The number of halogens is 2. The van der Waals surface area contributed by atoms with Crippen molar-refractivity contribution in [1.82, 2.24) is 0 Å². The molecule has 0 nitrogen and oxygen atoms in total. The minimum Gasteiger partial charge on any atom is -1.00 e. The van der Waals surface area contributed by atoms with E-state index in [2.05, 4.69) is 55.5 Å². The summed E-state index contributed by atoms with van der Waals surface area (Å²) in [7, 11) is 0. The van der Waals surface area contributed by atoms with Gasteiger partial charge >= 0.3 is 109 Å². The Labute approximate surface area is 133 Å². The van der Waals surface area contributed by atoms with E-state index in [1.165, 1.54) is 17.6 Å². The summed E-state index contributed by atoms with van der Waals surface area (Å²) in [5.74, 6) is 0. The smallest absolute Gasteiger partial charge is 1.00 e. The summed E-state index contributed by atoms with van der Waals surface area (Å²) in [6.45, 7) is 2.21. The van der Waals surface area contributed by atoms with E-state index in [1.807, 2.05) is 0 Å². The molecular weight excluding hydrogens is 342 g/mol. The third-order valence-electron chi connectivity index (χ3n) is 3.19. The van der Waals surface area contributed by atoms with Crippen molar-refractivity contribution in [2.24, 2.45) is 0 Å². The van der Waals surface area contributed by atoms with Gasteiger partial charge in [-0.3, -0.25) is 0 Å². The van der Waals surface area contributed by atoms with Gasteiger partial charge in [0.25, 0.3) is 0 Å². The van der Waals surface area contributed by atoms with Crippen molar-refractivity contribution >= 4 is 6.08 Å². The quantitative estimate of drug-likeness (QED) is 0.580. The zero-order valence-corrected chi connectivity index (χ0v) is 14.1. The number of fused-ring (bicyclic) bond motifs is 1. The number of benzene rings is 1. The molecule has 0 heterocycles. The van der Waals surface area contributed by atoms with Crippen molar-refractivity contribution in [1.29, 1.82) is 0 Å². The Kier molecular flexibility index (Phi) is 6.11. The average molecular weight is 356 g/mol. The summed E-state index contributed by atoms with van der Waals surface area (Å²) < 4.78 is 2.51. The molecule has 0 aliphatic heterocycles. The summed E-state index contributed by atoms with van der Waals surface area (Å²) in [5.41, 5.74) is 4.47. The first-order valence-corrected chi connectivity index (χ1v) is 8.39. The number of hydrogen-bond donors (Lipinski definition) is 0. The Morgan fingerprint density at radius 2 is 1.94 bits per heavy atom. The Morgan fingerprint density at radius 1 is 1.17 bits per heavy atom. The van der Waals surface area contributed by atoms with Crippen LogP contribution in [-0.2, 0) is 23.2 Å². The molecule has 0 amide bonds. The molecular formula is C15H14Cl2Zr. The van der Waals surface area contributed by atoms with Gasteiger partial charge in [-0.25, -0.2) is 0 Å². The van der Waals surface area contributed by atoms with Crippen LogP contribution in [0.15, 0.2) is 51.3 Å². The monoisotopic (exact) mass is 354 g/mol. The topological polar surface area (TPSA) is 0 Å². The zero-order valence-electron chi connectivity index (χ0n) is 10.2. The van der Waals surface area contributed by atoms with Crippen molar-refractivity contribution in [3.05, 3.63) is 62.5 Å². The number of allylic oxidation sites excluding steroid dienone is 5. The molecule has 0 saturated carbocycles. The fourth-order valence-corrected chi connectivity index (χ4v) is 6.13. The Balaban J connectivity index is 0.000000810. The Hall–Kier alpha value is -0.0969. The normalized spacial score (nSPS) is 19.1. The van der Waals surface area contributed by atoms with Crippen molar-refractivity contribution in [2.75, 3.05) is 0 Å². The number of rotatable bonds is 2. The Morgan fingerprint density at radius 3 is 2.67 bits per heavy atom. The van der Waals surface area contributed by atoms with E-state index in [9.17, 15) is 0 Å². The molecule has 0 saturated heterocycles.